The molecule has 310 valence electrons. The molecule has 2 aromatic heterocycles. The van der Waals surface area contributed by atoms with E-state index in [2.05, 4.69) is 17.0 Å². The van der Waals surface area contributed by atoms with Crippen molar-refractivity contribution in [3.05, 3.63) is 53.7 Å². The van der Waals surface area contributed by atoms with Crippen LogP contribution < -0.4 is 10.5 Å². The van der Waals surface area contributed by atoms with E-state index in [0.717, 1.165) is 44.1 Å². The second kappa shape index (κ2) is 26.1. The lowest BCUT2D eigenvalue weighted by Gasteiger charge is -2.25. The van der Waals surface area contributed by atoms with Crippen molar-refractivity contribution in [1.82, 2.24) is 14.6 Å². The number of hydrogen-bond acceptors (Lipinski definition) is 13. The van der Waals surface area contributed by atoms with E-state index >= 15 is 0 Å². The van der Waals surface area contributed by atoms with Gasteiger partial charge in [0, 0.05) is 12.7 Å². The predicted octanol–water partition coefficient (Wildman–Crippen LogP) is 7.44. The molecule has 3 rings (SSSR count). The van der Waals surface area contributed by atoms with Crippen LogP contribution >= 0.6 is 7.82 Å². The van der Waals surface area contributed by atoms with E-state index in [1.807, 2.05) is 6.07 Å². The van der Waals surface area contributed by atoms with Gasteiger partial charge in [-0.15, -0.1) is 0 Å². The summed E-state index contributed by atoms with van der Waals surface area (Å²) in [5, 5.41) is 44.1. The van der Waals surface area contributed by atoms with Gasteiger partial charge in [0.15, 0.2) is 11.9 Å². The van der Waals surface area contributed by atoms with Gasteiger partial charge in [0.05, 0.1) is 37.1 Å². The van der Waals surface area contributed by atoms with Gasteiger partial charge in [0.25, 0.3) is 6.26 Å². The number of phosphoric ester groups is 1. The summed E-state index contributed by atoms with van der Waals surface area (Å²) >= 11 is 0. The molecule has 0 bridgehead atoms. The Bertz CT molecular complexity index is 1700. The number of benzene rings is 1. The van der Waals surface area contributed by atoms with Crippen molar-refractivity contribution in [3.8, 4) is 18.1 Å². The lowest BCUT2D eigenvalue weighted by atomic mass is 10.0. The number of anilines is 1. The molecule has 0 amide bonds. The molecule has 3 aromatic rings. The lowest BCUT2D eigenvalue weighted by Crippen LogP contribution is -2.37. The standard InChI is InChI=1S/C39H58FN6O9P/c1-2-3-4-5-6-7-8-9-10-11-12-13-14-15-16-17-20-51-25-33(55-32-22-30(24-41)21-31(40)23-32)26-53-56(49,50)54-27-36(52-28-42)38(48)37(47)34-18-19-35-39(43)44-29-45-46(34)35/h18-19,21-23,29,33,36-38,47-48H,2-17,20,25-27H2,1H3,(H,49,50)(H2,43,44,45)/t33-,36-,37+,38-/m1/s1. The molecule has 0 saturated carbocycles. The van der Waals surface area contributed by atoms with E-state index in [4.69, 9.17) is 34.3 Å². The van der Waals surface area contributed by atoms with Gasteiger partial charge in [0.2, 0.25) is 0 Å². The topological polar surface area (TPSA) is 228 Å². The maximum atomic E-state index is 14.1. The lowest BCUT2D eigenvalue weighted by molar-refractivity contribution is -0.0802. The minimum absolute atomic E-state index is 0.0123. The Balaban J connectivity index is 1.43. The van der Waals surface area contributed by atoms with Crippen molar-refractivity contribution in [1.29, 1.82) is 10.5 Å². The molecule has 17 heteroatoms. The Kier molecular flexibility index (Phi) is 21.7. The fraction of sp³-hybridized carbons (Fsp3) is 0.641. The monoisotopic (exact) mass is 804 g/mol. The zero-order chi connectivity index (χ0) is 40.6. The number of aromatic nitrogens is 3. The van der Waals surface area contributed by atoms with Crippen LogP contribution in [0.1, 0.15) is 127 Å². The van der Waals surface area contributed by atoms with Crippen LogP contribution in [0.5, 0.6) is 5.75 Å². The molecule has 1 aromatic carbocycles. The molecule has 5 atom stereocenters. The van der Waals surface area contributed by atoms with Crippen molar-refractivity contribution in [2.75, 3.05) is 32.2 Å². The first-order valence-electron chi connectivity index (χ1n) is 19.6. The molecule has 0 fully saturated rings. The van der Waals surface area contributed by atoms with Crippen LogP contribution in [0.3, 0.4) is 0 Å². The van der Waals surface area contributed by atoms with Crippen LogP contribution in [-0.4, -0.2) is 74.4 Å². The van der Waals surface area contributed by atoms with Crippen molar-refractivity contribution in [2.45, 2.75) is 134 Å². The maximum absolute atomic E-state index is 14.1. The number of rotatable bonds is 31. The van der Waals surface area contributed by atoms with Crippen LogP contribution in [-0.2, 0) is 23.1 Å². The number of ether oxygens (including phenoxy) is 3. The first-order chi connectivity index (χ1) is 27.1. The highest BCUT2D eigenvalue weighted by molar-refractivity contribution is 7.47. The first kappa shape index (κ1) is 46.5. The molecule has 2 heterocycles. The third-order valence-electron chi connectivity index (χ3n) is 9.30. The van der Waals surface area contributed by atoms with Crippen LogP contribution in [0.25, 0.3) is 5.52 Å². The Morgan fingerprint density at radius 3 is 2.09 bits per heavy atom. The van der Waals surface area contributed by atoms with Gasteiger partial charge in [0.1, 0.15) is 41.7 Å². The Hall–Kier alpha value is -3.86. The van der Waals surface area contributed by atoms with Crippen LogP contribution in [0, 0.1) is 28.7 Å². The highest BCUT2D eigenvalue weighted by Gasteiger charge is 2.35. The molecule has 1 unspecified atom stereocenters. The molecular formula is C39H58FN6O9P. The Morgan fingerprint density at radius 2 is 1.48 bits per heavy atom. The number of phosphoric acid groups is 1. The zero-order valence-corrected chi connectivity index (χ0v) is 33.2. The summed E-state index contributed by atoms with van der Waals surface area (Å²) < 4.78 is 54.9. The molecular weight excluding hydrogens is 746 g/mol. The van der Waals surface area contributed by atoms with E-state index in [-0.39, 0.29) is 29.4 Å². The molecule has 56 heavy (non-hydrogen) atoms. The summed E-state index contributed by atoms with van der Waals surface area (Å²) in [5.74, 6) is -0.605. The zero-order valence-electron chi connectivity index (χ0n) is 32.3. The van der Waals surface area contributed by atoms with E-state index in [1.54, 1.807) is 0 Å². The normalized spacial score (nSPS) is 14.7. The van der Waals surface area contributed by atoms with Crippen molar-refractivity contribution >= 4 is 19.2 Å². The quantitative estimate of drug-likeness (QED) is 0.0282. The number of nitrogen functional groups attached to an aromatic ring is 1. The average molecular weight is 805 g/mol. The Morgan fingerprint density at radius 1 is 0.875 bits per heavy atom. The Labute approximate surface area is 329 Å². The summed E-state index contributed by atoms with van der Waals surface area (Å²) in [7, 11) is -4.89. The molecule has 0 aliphatic heterocycles. The van der Waals surface area contributed by atoms with Crippen LogP contribution in [0.4, 0.5) is 10.2 Å². The first-order valence-corrected chi connectivity index (χ1v) is 21.1. The van der Waals surface area contributed by atoms with Gasteiger partial charge in [-0.2, -0.15) is 15.6 Å². The number of nitrogens with two attached hydrogens (primary N) is 1. The van der Waals surface area contributed by atoms with E-state index in [1.165, 1.54) is 106 Å². The minimum Gasteiger partial charge on any atom is -0.485 e. The summed E-state index contributed by atoms with van der Waals surface area (Å²) in [5.41, 5.74) is 6.27. The second-order valence-electron chi connectivity index (χ2n) is 13.8. The number of aliphatic hydroxyl groups excluding tert-OH is 2. The second-order valence-corrected chi connectivity index (χ2v) is 15.3. The summed E-state index contributed by atoms with van der Waals surface area (Å²) in [6.45, 7) is 1.13. The largest absolute Gasteiger partial charge is 0.485 e. The number of nitriles is 2. The number of unbranched alkanes of at least 4 members (excludes halogenated alkanes) is 15. The number of nitrogens with zero attached hydrogens (tertiary/aromatic N) is 5. The van der Waals surface area contributed by atoms with E-state index in [0.29, 0.717) is 12.1 Å². The fourth-order valence-corrected chi connectivity index (χ4v) is 6.96. The average Bonchev–Trinajstić information content (AvgIpc) is 3.62. The number of halogens is 1. The highest BCUT2D eigenvalue weighted by Crippen LogP contribution is 2.44. The van der Waals surface area contributed by atoms with E-state index in [9.17, 15) is 29.3 Å². The fourth-order valence-electron chi connectivity index (χ4n) is 6.20. The van der Waals surface area contributed by atoms with Crippen LogP contribution in [0.2, 0.25) is 0 Å². The van der Waals surface area contributed by atoms with Crippen molar-refractivity contribution in [2.24, 2.45) is 0 Å². The summed E-state index contributed by atoms with van der Waals surface area (Å²) in [4.78, 5) is 14.3. The van der Waals surface area contributed by atoms with Gasteiger partial charge in [-0.05, 0) is 30.7 Å². The van der Waals surface area contributed by atoms with Gasteiger partial charge < -0.3 is 35.1 Å². The van der Waals surface area contributed by atoms with Gasteiger partial charge in [-0.25, -0.2) is 18.5 Å². The highest BCUT2D eigenvalue weighted by atomic mass is 31.2. The molecule has 5 N–H and O–H groups in total. The van der Waals surface area contributed by atoms with Crippen molar-refractivity contribution < 1.29 is 47.3 Å². The number of fused-ring (bicyclic) bond motifs is 1. The maximum Gasteiger partial charge on any atom is 0.472 e. The third kappa shape index (κ3) is 17.1. The van der Waals surface area contributed by atoms with Crippen molar-refractivity contribution in [3.63, 3.8) is 0 Å². The summed E-state index contributed by atoms with van der Waals surface area (Å²) in [6, 6.07) is 8.20. The van der Waals surface area contributed by atoms with Crippen LogP contribution in [0.15, 0.2) is 36.7 Å². The molecule has 0 radical (unpaired) electrons. The number of aliphatic hydroxyl groups is 2. The number of hydrogen-bond donors (Lipinski definition) is 4. The molecule has 0 aliphatic rings. The van der Waals surface area contributed by atoms with E-state index < -0.39 is 51.3 Å². The smallest absolute Gasteiger partial charge is 0.472 e. The van der Waals surface area contributed by atoms with Gasteiger partial charge in [-0.1, -0.05) is 103 Å². The SMILES string of the molecule is CCCCCCCCCCCCCCCCCCOC[C@H](COP(=O)(O)OC[C@@H](OC#N)[C@@H](O)[C@@H](O)c1ccc2c(N)ncnn12)Oc1cc(F)cc(C#N)c1. The predicted molar refractivity (Wildman–Crippen MR) is 206 cm³/mol. The third-order valence-corrected chi connectivity index (χ3v) is 10.2. The molecule has 0 spiro atoms. The van der Waals surface area contributed by atoms with Gasteiger partial charge in [-0.3, -0.25) is 9.05 Å². The molecule has 0 aliphatic carbocycles. The summed E-state index contributed by atoms with van der Waals surface area (Å²) in [6.07, 6.45) is 16.2. The molecule has 0 saturated heterocycles. The van der Waals surface area contributed by atoms with Gasteiger partial charge >= 0.3 is 7.82 Å². The minimum atomic E-state index is -4.89. The molecule has 15 nitrogen and oxygen atoms in total.